The van der Waals surface area contributed by atoms with Gasteiger partial charge in [-0.15, -0.1) is 0 Å². The Balaban J connectivity index is 1.88. The zero-order valence-electron chi connectivity index (χ0n) is 12.9. The summed E-state index contributed by atoms with van der Waals surface area (Å²) in [6.07, 6.45) is 0. The maximum absolute atomic E-state index is 13.9. The monoisotopic (exact) mass is 354 g/mol. The molecule has 0 saturated heterocycles. The molecule has 0 amide bonds. The molecule has 0 unspecified atom stereocenters. The lowest BCUT2D eigenvalue weighted by atomic mass is 10.1. The standard InChI is InChI=1S/C18H11F5O2/c1-24-11-6-14(19)13(15(20)7-11)8-25-10-2-3-12-9(4-10)5-16(21)18(23)17(12)22/h2-7H,8H2,1H3. The second kappa shape index (κ2) is 6.58. The number of halogens is 5. The summed E-state index contributed by atoms with van der Waals surface area (Å²) in [4.78, 5) is 0. The molecule has 0 spiro atoms. The van der Waals surface area contributed by atoms with Crippen LogP contribution in [0.4, 0.5) is 22.0 Å². The normalized spacial score (nSPS) is 11.0. The number of hydrogen-bond acceptors (Lipinski definition) is 2. The van der Waals surface area contributed by atoms with Gasteiger partial charge in [0.2, 0.25) is 0 Å². The lowest BCUT2D eigenvalue weighted by Crippen LogP contribution is -2.03. The van der Waals surface area contributed by atoms with Gasteiger partial charge in [0.1, 0.15) is 29.7 Å². The minimum Gasteiger partial charge on any atom is -0.497 e. The SMILES string of the molecule is COc1cc(F)c(COc2ccc3c(F)c(F)c(F)cc3c2)c(F)c1. The smallest absolute Gasteiger partial charge is 0.195 e. The molecular weight excluding hydrogens is 343 g/mol. The molecule has 0 atom stereocenters. The summed E-state index contributed by atoms with van der Waals surface area (Å²) in [5.41, 5.74) is -0.322. The highest BCUT2D eigenvalue weighted by Gasteiger charge is 2.15. The summed E-state index contributed by atoms with van der Waals surface area (Å²) in [5, 5.41) is -0.0716. The Morgan fingerprint density at radius 2 is 1.44 bits per heavy atom. The fraction of sp³-hybridized carbons (Fsp3) is 0.111. The van der Waals surface area contributed by atoms with E-state index in [1.54, 1.807) is 0 Å². The van der Waals surface area contributed by atoms with Gasteiger partial charge < -0.3 is 9.47 Å². The second-order valence-corrected chi connectivity index (χ2v) is 5.23. The molecule has 7 heteroatoms. The van der Waals surface area contributed by atoms with Crippen molar-refractivity contribution in [1.29, 1.82) is 0 Å². The first-order chi connectivity index (χ1) is 11.9. The predicted molar refractivity (Wildman–Crippen MR) is 81.1 cm³/mol. The van der Waals surface area contributed by atoms with Crippen molar-refractivity contribution in [3.8, 4) is 11.5 Å². The predicted octanol–water partition coefficient (Wildman–Crippen LogP) is 5.12. The van der Waals surface area contributed by atoms with Crippen LogP contribution in [-0.2, 0) is 6.61 Å². The second-order valence-electron chi connectivity index (χ2n) is 5.23. The molecule has 3 aromatic rings. The molecule has 3 aromatic carbocycles. The minimum absolute atomic E-state index is 0.0254. The molecule has 0 heterocycles. The average molecular weight is 354 g/mol. The molecule has 0 radical (unpaired) electrons. The van der Waals surface area contributed by atoms with Crippen LogP contribution in [0, 0.1) is 29.1 Å². The van der Waals surface area contributed by atoms with Crippen LogP contribution in [0.2, 0.25) is 0 Å². The van der Waals surface area contributed by atoms with Gasteiger partial charge >= 0.3 is 0 Å². The number of hydrogen-bond donors (Lipinski definition) is 0. The third-order valence-corrected chi connectivity index (χ3v) is 3.68. The number of ether oxygens (including phenoxy) is 2. The number of fused-ring (bicyclic) bond motifs is 1. The molecule has 0 aliphatic carbocycles. The summed E-state index contributed by atoms with van der Waals surface area (Å²) in [6.45, 7) is -0.445. The van der Waals surface area contributed by atoms with Crippen molar-refractivity contribution in [3.05, 3.63) is 71.0 Å². The Kier molecular flexibility index (Phi) is 4.48. The topological polar surface area (TPSA) is 18.5 Å². The Morgan fingerprint density at radius 3 is 2.08 bits per heavy atom. The lowest BCUT2D eigenvalue weighted by Gasteiger charge is -2.11. The number of rotatable bonds is 4. The van der Waals surface area contributed by atoms with E-state index < -0.39 is 35.7 Å². The van der Waals surface area contributed by atoms with Crippen LogP contribution in [0.5, 0.6) is 11.5 Å². The quantitative estimate of drug-likeness (QED) is 0.478. The Morgan fingerprint density at radius 1 is 0.760 bits per heavy atom. The van der Waals surface area contributed by atoms with Crippen molar-refractivity contribution in [2.45, 2.75) is 6.61 Å². The highest BCUT2D eigenvalue weighted by Crippen LogP contribution is 2.28. The first-order valence-electron chi connectivity index (χ1n) is 7.12. The van der Waals surface area contributed by atoms with Gasteiger partial charge in [0.25, 0.3) is 0 Å². The van der Waals surface area contributed by atoms with Crippen molar-refractivity contribution in [3.63, 3.8) is 0 Å². The zero-order valence-corrected chi connectivity index (χ0v) is 12.9. The maximum Gasteiger partial charge on any atom is 0.195 e. The summed E-state index contributed by atoms with van der Waals surface area (Å²) in [6, 6.07) is 6.58. The van der Waals surface area contributed by atoms with Gasteiger partial charge in [-0.2, -0.15) is 0 Å². The van der Waals surface area contributed by atoms with Crippen molar-refractivity contribution in [1.82, 2.24) is 0 Å². The molecular formula is C18H11F5O2. The van der Waals surface area contributed by atoms with E-state index in [4.69, 9.17) is 9.47 Å². The van der Waals surface area contributed by atoms with Crippen LogP contribution in [0.25, 0.3) is 10.8 Å². The van der Waals surface area contributed by atoms with Crippen LogP contribution in [0.3, 0.4) is 0 Å². The van der Waals surface area contributed by atoms with Crippen molar-refractivity contribution in [2.24, 2.45) is 0 Å². The molecule has 0 saturated carbocycles. The maximum atomic E-state index is 13.9. The van der Waals surface area contributed by atoms with Crippen LogP contribution < -0.4 is 9.47 Å². The van der Waals surface area contributed by atoms with Crippen molar-refractivity contribution in [2.75, 3.05) is 7.11 Å². The summed E-state index contributed by atoms with van der Waals surface area (Å²) >= 11 is 0. The lowest BCUT2D eigenvalue weighted by molar-refractivity contribution is 0.291. The van der Waals surface area contributed by atoms with Crippen LogP contribution >= 0.6 is 0 Å². The van der Waals surface area contributed by atoms with Gasteiger partial charge in [0, 0.05) is 17.5 Å². The first-order valence-corrected chi connectivity index (χ1v) is 7.12. The van der Waals surface area contributed by atoms with Crippen LogP contribution in [0.15, 0.2) is 36.4 Å². The minimum atomic E-state index is -1.57. The van der Waals surface area contributed by atoms with E-state index in [1.165, 1.54) is 25.3 Å². The van der Waals surface area contributed by atoms with E-state index in [-0.39, 0.29) is 27.8 Å². The van der Waals surface area contributed by atoms with Crippen molar-refractivity contribution >= 4 is 10.8 Å². The Hall–Kier alpha value is -2.83. The van der Waals surface area contributed by atoms with Gasteiger partial charge in [0.05, 0.1) is 12.7 Å². The zero-order chi connectivity index (χ0) is 18.1. The highest BCUT2D eigenvalue weighted by atomic mass is 19.2. The molecule has 0 aromatic heterocycles. The van der Waals surface area contributed by atoms with E-state index in [0.29, 0.717) is 0 Å². The molecule has 25 heavy (non-hydrogen) atoms. The summed E-state index contributed by atoms with van der Waals surface area (Å²) < 4.78 is 77.9. The largest absolute Gasteiger partial charge is 0.497 e. The van der Waals surface area contributed by atoms with Gasteiger partial charge in [-0.05, 0) is 29.7 Å². The van der Waals surface area contributed by atoms with E-state index >= 15 is 0 Å². The van der Waals surface area contributed by atoms with Gasteiger partial charge in [0.15, 0.2) is 17.5 Å². The van der Waals surface area contributed by atoms with Gasteiger partial charge in [-0.25, -0.2) is 22.0 Å². The molecule has 0 aliphatic heterocycles. The van der Waals surface area contributed by atoms with E-state index in [2.05, 4.69) is 0 Å². The van der Waals surface area contributed by atoms with Crippen LogP contribution in [-0.4, -0.2) is 7.11 Å². The molecule has 0 fully saturated rings. The Labute approximate surface area is 139 Å². The molecule has 130 valence electrons. The van der Waals surface area contributed by atoms with Crippen molar-refractivity contribution < 1.29 is 31.4 Å². The van der Waals surface area contributed by atoms with E-state index in [9.17, 15) is 22.0 Å². The molecule has 0 N–H and O–H groups in total. The van der Waals surface area contributed by atoms with Crippen LogP contribution in [0.1, 0.15) is 5.56 Å². The number of methoxy groups -OCH3 is 1. The Bertz CT molecular complexity index is 933. The molecule has 0 aliphatic rings. The molecule has 2 nitrogen and oxygen atoms in total. The first kappa shape index (κ1) is 17.0. The fourth-order valence-electron chi connectivity index (χ4n) is 2.36. The number of benzene rings is 3. The van der Waals surface area contributed by atoms with E-state index in [0.717, 1.165) is 18.2 Å². The van der Waals surface area contributed by atoms with Gasteiger partial charge in [-0.3, -0.25) is 0 Å². The highest BCUT2D eigenvalue weighted by molar-refractivity contribution is 5.84. The fourth-order valence-corrected chi connectivity index (χ4v) is 2.36. The third kappa shape index (κ3) is 3.22. The summed E-state index contributed by atoms with van der Waals surface area (Å²) in [7, 11) is 1.28. The molecule has 3 rings (SSSR count). The summed E-state index contributed by atoms with van der Waals surface area (Å²) in [5.74, 6) is -5.77. The average Bonchev–Trinajstić information content (AvgIpc) is 2.58. The molecule has 0 bridgehead atoms. The third-order valence-electron chi connectivity index (χ3n) is 3.68. The van der Waals surface area contributed by atoms with E-state index in [1.807, 2.05) is 0 Å². The van der Waals surface area contributed by atoms with Gasteiger partial charge in [-0.1, -0.05) is 0 Å².